The van der Waals surface area contributed by atoms with Crippen molar-refractivity contribution >= 4 is 23.9 Å². The van der Waals surface area contributed by atoms with Crippen LogP contribution >= 0.6 is 0 Å². The topological polar surface area (TPSA) is 82.6 Å². The Hall–Kier alpha value is -4.12. The quantitative estimate of drug-likeness (QED) is 0.610. The zero-order valence-electron chi connectivity index (χ0n) is 17.5. The average Bonchev–Trinajstić information content (AvgIpc) is 3.26. The van der Waals surface area contributed by atoms with Crippen LogP contribution in [0.15, 0.2) is 52.9 Å². The van der Waals surface area contributed by atoms with Crippen molar-refractivity contribution in [2.24, 2.45) is 0 Å². The summed E-state index contributed by atoms with van der Waals surface area (Å²) in [5, 5.41) is 9.49. The van der Waals surface area contributed by atoms with Gasteiger partial charge in [0, 0.05) is 32.3 Å². The molecule has 0 N–H and O–H groups in total. The van der Waals surface area contributed by atoms with Crippen LogP contribution in [0.25, 0.3) is 12.2 Å². The van der Waals surface area contributed by atoms with Crippen LogP contribution in [0, 0.1) is 17.1 Å². The number of nitriles is 1. The molecule has 1 saturated heterocycles. The Balaban J connectivity index is 1.45. The van der Waals surface area contributed by atoms with Crippen molar-refractivity contribution in [2.45, 2.75) is 0 Å². The molecule has 7 nitrogen and oxygen atoms in total. The van der Waals surface area contributed by atoms with E-state index in [1.54, 1.807) is 30.2 Å². The molecular formula is C24H21FN4O3. The zero-order valence-corrected chi connectivity index (χ0v) is 17.5. The first-order valence-electron chi connectivity index (χ1n) is 10.1. The van der Waals surface area contributed by atoms with E-state index in [2.05, 4.69) is 11.1 Å². The van der Waals surface area contributed by atoms with Gasteiger partial charge in [-0.1, -0.05) is 24.3 Å². The lowest BCUT2D eigenvalue weighted by Gasteiger charge is -2.34. The Morgan fingerprint density at radius 2 is 1.94 bits per heavy atom. The molecule has 0 spiro atoms. The van der Waals surface area contributed by atoms with Crippen molar-refractivity contribution in [1.82, 2.24) is 9.88 Å². The number of oxazole rings is 1. The second-order valence-electron chi connectivity index (χ2n) is 7.19. The lowest BCUT2D eigenvalue weighted by atomic mass is 10.1. The van der Waals surface area contributed by atoms with Crippen LogP contribution in [-0.4, -0.2) is 49.1 Å². The van der Waals surface area contributed by atoms with Gasteiger partial charge in [0.2, 0.25) is 17.5 Å². The summed E-state index contributed by atoms with van der Waals surface area (Å²) in [5.41, 5.74) is 1.15. The summed E-state index contributed by atoms with van der Waals surface area (Å²) in [5.74, 6) is 0.540. The number of amides is 1. The maximum absolute atomic E-state index is 13.9. The lowest BCUT2D eigenvalue weighted by molar-refractivity contribution is 0.0740. The van der Waals surface area contributed by atoms with E-state index in [1.165, 1.54) is 12.1 Å². The average molecular weight is 432 g/mol. The monoisotopic (exact) mass is 432 g/mol. The fourth-order valence-corrected chi connectivity index (χ4v) is 3.52. The highest BCUT2D eigenvalue weighted by Crippen LogP contribution is 2.25. The summed E-state index contributed by atoms with van der Waals surface area (Å²) in [6.07, 6.45) is 3.52. The van der Waals surface area contributed by atoms with Gasteiger partial charge in [-0.15, -0.1) is 0 Å². The molecule has 2 heterocycles. The van der Waals surface area contributed by atoms with Crippen molar-refractivity contribution in [1.29, 1.82) is 5.26 Å². The van der Waals surface area contributed by atoms with E-state index in [9.17, 15) is 14.4 Å². The smallest absolute Gasteiger partial charge is 0.256 e. The number of benzene rings is 2. The number of carbonyl (C=O) groups is 1. The van der Waals surface area contributed by atoms with Crippen molar-refractivity contribution in [3.05, 3.63) is 77.1 Å². The molecule has 4 rings (SSSR count). The third kappa shape index (κ3) is 4.47. The molecule has 0 saturated carbocycles. The van der Waals surface area contributed by atoms with Crippen LogP contribution in [0.4, 0.5) is 10.3 Å². The van der Waals surface area contributed by atoms with E-state index in [4.69, 9.17) is 9.15 Å². The van der Waals surface area contributed by atoms with Crippen molar-refractivity contribution in [2.75, 3.05) is 38.2 Å². The highest BCUT2D eigenvalue weighted by atomic mass is 19.1. The van der Waals surface area contributed by atoms with Crippen LogP contribution in [0.1, 0.15) is 27.5 Å². The first-order valence-corrected chi connectivity index (χ1v) is 10.1. The van der Waals surface area contributed by atoms with Crippen LogP contribution < -0.4 is 9.64 Å². The normalized spacial score (nSPS) is 13.9. The van der Waals surface area contributed by atoms with Crippen molar-refractivity contribution in [3.8, 4) is 11.8 Å². The SMILES string of the molecule is COc1cccc(C=Cc2nc(C#N)c(N3CCN(C(=O)c4ccccc4F)CC3)o2)c1. The van der Waals surface area contributed by atoms with Gasteiger partial charge >= 0.3 is 0 Å². The molecule has 3 aromatic rings. The first-order chi connectivity index (χ1) is 15.6. The van der Waals surface area contributed by atoms with Crippen LogP contribution in [-0.2, 0) is 0 Å². The maximum Gasteiger partial charge on any atom is 0.256 e. The number of rotatable bonds is 5. The fraction of sp³-hybridized carbons (Fsp3) is 0.208. The molecule has 2 aromatic carbocycles. The minimum Gasteiger partial charge on any atom is -0.497 e. The molecule has 0 unspecified atom stereocenters. The van der Waals surface area contributed by atoms with Gasteiger partial charge in [-0.3, -0.25) is 4.79 Å². The molecule has 1 aliphatic heterocycles. The Morgan fingerprint density at radius 3 is 2.66 bits per heavy atom. The lowest BCUT2D eigenvalue weighted by Crippen LogP contribution is -2.49. The molecule has 162 valence electrons. The van der Waals surface area contributed by atoms with Crippen LogP contribution in [0.5, 0.6) is 5.75 Å². The molecule has 1 amide bonds. The zero-order chi connectivity index (χ0) is 22.5. The second kappa shape index (κ2) is 9.35. The highest BCUT2D eigenvalue weighted by Gasteiger charge is 2.27. The largest absolute Gasteiger partial charge is 0.497 e. The second-order valence-corrected chi connectivity index (χ2v) is 7.19. The number of hydrogen-bond acceptors (Lipinski definition) is 6. The molecule has 1 aromatic heterocycles. The van der Waals surface area contributed by atoms with Gasteiger partial charge in [-0.2, -0.15) is 10.2 Å². The summed E-state index contributed by atoms with van der Waals surface area (Å²) in [7, 11) is 1.60. The van der Waals surface area contributed by atoms with E-state index in [0.29, 0.717) is 38.0 Å². The standard InChI is InChI=1S/C24H21FN4O3/c1-31-18-6-4-5-17(15-18)9-10-22-27-21(16-26)24(32-22)29-13-11-28(12-14-29)23(30)19-7-2-3-8-20(19)25/h2-10,15H,11-14H2,1H3. The summed E-state index contributed by atoms with van der Waals surface area (Å²) in [4.78, 5) is 20.3. The molecule has 1 fully saturated rings. The van der Waals surface area contributed by atoms with E-state index >= 15 is 0 Å². The number of halogens is 1. The van der Waals surface area contributed by atoms with Crippen LogP contribution in [0.2, 0.25) is 0 Å². The summed E-state index contributed by atoms with van der Waals surface area (Å²) < 4.78 is 25.0. The summed E-state index contributed by atoms with van der Waals surface area (Å²) >= 11 is 0. The number of hydrogen-bond donors (Lipinski definition) is 0. The third-order valence-corrected chi connectivity index (χ3v) is 5.20. The minimum absolute atomic E-state index is 0.0586. The summed E-state index contributed by atoms with van der Waals surface area (Å²) in [6, 6.07) is 15.5. The van der Waals surface area contributed by atoms with Gasteiger partial charge in [-0.05, 0) is 35.9 Å². The van der Waals surface area contributed by atoms with Gasteiger partial charge in [0.1, 0.15) is 17.6 Å². The Labute approximate surface area is 185 Å². The molecule has 0 radical (unpaired) electrons. The van der Waals surface area contributed by atoms with Gasteiger partial charge in [0.15, 0.2) is 0 Å². The molecule has 0 atom stereocenters. The molecule has 0 aliphatic carbocycles. The Bertz CT molecular complexity index is 1190. The predicted octanol–water partition coefficient (Wildman–Crippen LogP) is 3.83. The van der Waals surface area contributed by atoms with Crippen molar-refractivity contribution in [3.63, 3.8) is 0 Å². The summed E-state index contributed by atoms with van der Waals surface area (Å²) in [6.45, 7) is 1.66. The number of aromatic nitrogens is 1. The number of piperazine rings is 1. The maximum atomic E-state index is 13.9. The van der Waals surface area contributed by atoms with Crippen molar-refractivity contribution < 1.29 is 18.3 Å². The molecule has 0 bridgehead atoms. The fourth-order valence-electron chi connectivity index (χ4n) is 3.52. The molecule has 1 aliphatic rings. The highest BCUT2D eigenvalue weighted by molar-refractivity contribution is 5.94. The molecule has 8 heteroatoms. The number of nitrogens with zero attached hydrogens (tertiary/aromatic N) is 4. The van der Waals surface area contributed by atoms with Gasteiger partial charge in [0.25, 0.3) is 5.91 Å². The number of methoxy groups -OCH3 is 1. The van der Waals surface area contributed by atoms with E-state index < -0.39 is 5.82 Å². The third-order valence-electron chi connectivity index (χ3n) is 5.20. The van der Waals surface area contributed by atoms with E-state index in [-0.39, 0.29) is 17.2 Å². The van der Waals surface area contributed by atoms with Crippen LogP contribution in [0.3, 0.4) is 0 Å². The first kappa shape index (κ1) is 21.1. The minimum atomic E-state index is -0.533. The van der Waals surface area contributed by atoms with Gasteiger partial charge in [-0.25, -0.2) is 4.39 Å². The number of anilines is 1. The number of ether oxygens (including phenoxy) is 1. The molecule has 32 heavy (non-hydrogen) atoms. The van der Waals surface area contributed by atoms with E-state index in [1.807, 2.05) is 35.2 Å². The molecular weight excluding hydrogens is 411 g/mol. The number of carbonyl (C=O) groups excluding carboxylic acids is 1. The van der Waals surface area contributed by atoms with E-state index in [0.717, 1.165) is 11.3 Å². The van der Waals surface area contributed by atoms with Gasteiger partial charge in [0.05, 0.1) is 12.7 Å². The predicted molar refractivity (Wildman–Crippen MR) is 118 cm³/mol. The Morgan fingerprint density at radius 1 is 1.16 bits per heavy atom. The Kier molecular flexibility index (Phi) is 6.17. The van der Waals surface area contributed by atoms with Gasteiger partial charge < -0.3 is 19.0 Å².